The molecule has 0 fully saturated rings. The first-order chi connectivity index (χ1) is 8.20. The van der Waals surface area contributed by atoms with Crippen LogP contribution in [0.15, 0.2) is 24.3 Å². The molecule has 1 N–H and O–H groups in total. The van der Waals surface area contributed by atoms with Crippen LogP contribution in [0.5, 0.6) is 0 Å². The highest BCUT2D eigenvalue weighted by molar-refractivity contribution is 7.05. The lowest BCUT2D eigenvalue weighted by atomic mass is 10.0. The summed E-state index contributed by atoms with van der Waals surface area (Å²) >= 11 is 7.33. The van der Waals surface area contributed by atoms with Gasteiger partial charge in [0.05, 0.1) is 10.6 Å². The van der Waals surface area contributed by atoms with E-state index >= 15 is 0 Å². The van der Waals surface area contributed by atoms with E-state index in [2.05, 4.69) is 27.0 Å². The van der Waals surface area contributed by atoms with Crippen molar-refractivity contribution in [2.24, 2.45) is 0 Å². The maximum atomic E-state index is 5.87. The molecule has 0 aliphatic rings. The van der Waals surface area contributed by atoms with Crippen LogP contribution in [-0.2, 0) is 6.42 Å². The zero-order valence-electron chi connectivity index (χ0n) is 9.77. The Balaban J connectivity index is 2.16. The highest BCUT2D eigenvalue weighted by Crippen LogP contribution is 2.23. The summed E-state index contributed by atoms with van der Waals surface area (Å²) in [6, 6.07) is 8.20. The lowest BCUT2D eigenvalue weighted by Crippen LogP contribution is -2.18. The summed E-state index contributed by atoms with van der Waals surface area (Å²) in [5.41, 5.74) is 2.25. The Kier molecular flexibility index (Phi) is 4.10. The van der Waals surface area contributed by atoms with Gasteiger partial charge >= 0.3 is 0 Å². The van der Waals surface area contributed by atoms with Crippen LogP contribution in [0.2, 0.25) is 5.02 Å². The third kappa shape index (κ3) is 3.03. The molecule has 5 heteroatoms. The van der Waals surface area contributed by atoms with E-state index in [0.29, 0.717) is 0 Å². The van der Waals surface area contributed by atoms with Gasteiger partial charge in [0.15, 0.2) is 0 Å². The van der Waals surface area contributed by atoms with Crippen molar-refractivity contribution in [2.45, 2.75) is 19.4 Å². The van der Waals surface area contributed by atoms with Gasteiger partial charge in [0.1, 0.15) is 0 Å². The van der Waals surface area contributed by atoms with E-state index in [1.165, 1.54) is 22.0 Å². The van der Waals surface area contributed by atoms with Gasteiger partial charge in [0.2, 0.25) is 0 Å². The Hall–Kier alpha value is -0.970. The minimum absolute atomic E-state index is 0.260. The first-order valence-corrected chi connectivity index (χ1v) is 6.56. The normalized spacial score (nSPS) is 12.6. The van der Waals surface area contributed by atoms with Gasteiger partial charge in [-0.1, -0.05) is 28.2 Å². The van der Waals surface area contributed by atoms with Crippen molar-refractivity contribution >= 4 is 23.1 Å². The average Bonchev–Trinajstić information content (AvgIpc) is 2.75. The van der Waals surface area contributed by atoms with Gasteiger partial charge in [0.25, 0.3) is 0 Å². The van der Waals surface area contributed by atoms with E-state index in [9.17, 15) is 0 Å². The summed E-state index contributed by atoms with van der Waals surface area (Å²) in [4.78, 5) is 1.20. The Bertz CT molecular complexity index is 481. The van der Waals surface area contributed by atoms with Gasteiger partial charge < -0.3 is 5.32 Å². The maximum Gasteiger partial charge on any atom is 0.0772 e. The molecule has 90 valence electrons. The molecule has 0 aliphatic heterocycles. The quantitative estimate of drug-likeness (QED) is 0.925. The molecule has 17 heavy (non-hydrogen) atoms. The third-order valence-corrected chi connectivity index (χ3v) is 3.90. The minimum atomic E-state index is 0.260. The van der Waals surface area contributed by atoms with E-state index in [1.807, 2.05) is 26.1 Å². The molecule has 1 atom stereocenters. The fourth-order valence-corrected chi connectivity index (χ4v) is 2.62. The smallest absolute Gasteiger partial charge is 0.0772 e. The van der Waals surface area contributed by atoms with Crippen molar-refractivity contribution in [3.63, 3.8) is 0 Å². The van der Waals surface area contributed by atoms with Crippen molar-refractivity contribution in [1.29, 1.82) is 0 Å². The summed E-state index contributed by atoms with van der Waals surface area (Å²) in [5.74, 6) is 0. The molecule has 1 aromatic heterocycles. The predicted molar refractivity (Wildman–Crippen MR) is 71.6 cm³/mol. The minimum Gasteiger partial charge on any atom is -0.312 e. The maximum absolute atomic E-state index is 5.87. The molecule has 2 rings (SSSR count). The fraction of sp³-hybridized carbons (Fsp3) is 0.333. The van der Waals surface area contributed by atoms with Gasteiger partial charge in [-0.3, -0.25) is 0 Å². The van der Waals surface area contributed by atoms with Crippen LogP contribution in [0.3, 0.4) is 0 Å². The monoisotopic (exact) mass is 267 g/mol. The fourth-order valence-electron chi connectivity index (χ4n) is 1.74. The number of hydrogen-bond donors (Lipinski definition) is 1. The van der Waals surface area contributed by atoms with Gasteiger partial charge in [0, 0.05) is 11.1 Å². The lowest BCUT2D eigenvalue weighted by molar-refractivity contribution is 0.597. The number of halogens is 1. The van der Waals surface area contributed by atoms with Gasteiger partial charge in [-0.25, -0.2) is 0 Å². The summed E-state index contributed by atoms with van der Waals surface area (Å²) in [5, 5.41) is 8.12. The SMILES string of the molecule is CNC(Cc1ccc(Cl)cc1)c1snnc1C. The van der Waals surface area contributed by atoms with Crippen molar-refractivity contribution in [2.75, 3.05) is 7.05 Å². The molecule has 2 aromatic rings. The number of likely N-dealkylation sites (N-methyl/N-ethyl adjacent to an activating group) is 1. The van der Waals surface area contributed by atoms with Crippen molar-refractivity contribution in [1.82, 2.24) is 14.9 Å². The van der Waals surface area contributed by atoms with Crippen molar-refractivity contribution in [3.8, 4) is 0 Å². The van der Waals surface area contributed by atoms with Crippen molar-refractivity contribution in [3.05, 3.63) is 45.4 Å². The van der Waals surface area contributed by atoms with E-state index in [1.54, 1.807) is 0 Å². The average molecular weight is 268 g/mol. The van der Waals surface area contributed by atoms with Gasteiger partial charge in [-0.2, -0.15) is 0 Å². The topological polar surface area (TPSA) is 37.8 Å². The molecule has 0 amide bonds. The summed E-state index contributed by atoms with van der Waals surface area (Å²) < 4.78 is 3.98. The standard InChI is InChI=1S/C12H14ClN3S/c1-8-12(17-16-15-8)11(14-2)7-9-3-5-10(13)6-4-9/h3-6,11,14H,7H2,1-2H3. The number of nitrogens with one attached hydrogen (secondary N) is 1. The third-order valence-electron chi connectivity index (χ3n) is 2.70. The van der Waals surface area contributed by atoms with Gasteiger partial charge in [-0.15, -0.1) is 5.10 Å². The molecule has 1 unspecified atom stereocenters. The zero-order chi connectivity index (χ0) is 12.3. The first kappa shape index (κ1) is 12.5. The number of hydrogen-bond acceptors (Lipinski definition) is 4. The molecule has 0 aliphatic carbocycles. The van der Waals surface area contributed by atoms with Gasteiger partial charge in [-0.05, 0) is 49.6 Å². The van der Waals surface area contributed by atoms with Crippen LogP contribution in [0, 0.1) is 6.92 Å². The Morgan fingerprint density at radius 2 is 2.06 bits per heavy atom. The Morgan fingerprint density at radius 3 is 2.59 bits per heavy atom. The number of nitrogens with zero attached hydrogens (tertiary/aromatic N) is 2. The molecule has 0 radical (unpaired) electrons. The zero-order valence-corrected chi connectivity index (χ0v) is 11.3. The summed E-state index contributed by atoms with van der Waals surface area (Å²) in [6.07, 6.45) is 0.915. The summed E-state index contributed by atoms with van der Waals surface area (Å²) in [7, 11) is 1.96. The Morgan fingerprint density at radius 1 is 1.35 bits per heavy atom. The van der Waals surface area contributed by atoms with Crippen LogP contribution < -0.4 is 5.32 Å². The number of rotatable bonds is 4. The van der Waals surface area contributed by atoms with Crippen LogP contribution in [0.1, 0.15) is 22.2 Å². The number of aromatic nitrogens is 2. The van der Waals surface area contributed by atoms with E-state index in [-0.39, 0.29) is 6.04 Å². The lowest BCUT2D eigenvalue weighted by Gasteiger charge is -2.14. The second kappa shape index (κ2) is 5.58. The van der Waals surface area contributed by atoms with Crippen LogP contribution >= 0.6 is 23.1 Å². The largest absolute Gasteiger partial charge is 0.312 e. The predicted octanol–water partition coefficient (Wildman–Crippen LogP) is 3.00. The molecule has 0 bridgehead atoms. The Labute approximate surface area is 110 Å². The first-order valence-electron chi connectivity index (χ1n) is 5.41. The second-order valence-electron chi connectivity index (χ2n) is 3.89. The molecular weight excluding hydrogens is 254 g/mol. The summed E-state index contributed by atoms with van der Waals surface area (Å²) in [6.45, 7) is 1.99. The molecule has 1 heterocycles. The van der Waals surface area contributed by atoms with E-state index in [0.717, 1.165) is 17.1 Å². The molecule has 1 aromatic carbocycles. The molecule has 0 saturated carbocycles. The molecule has 3 nitrogen and oxygen atoms in total. The molecular formula is C12H14ClN3S. The highest BCUT2D eigenvalue weighted by atomic mass is 35.5. The molecule has 0 spiro atoms. The van der Waals surface area contributed by atoms with E-state index < -0.39 is 0 Å². The highest BCUT2D eigenvalue weighted by Gasteiger charge is 2.15. The van der Waals surface area contributed by atoms with E-state index in [4.69, 9.17) is 11.6 Å². The van der Waals surface area contributed by atoms with Crippen LogP contribution in [0.25, 0.3) is 0 Å². The van der Waals surface area contributed by atoms with Crippen molar-refractivity contribution < 1.29 is 0 Å². The van der Waals surface area contributed by atoms with Crippen LogP contribution in [0.4, 0.5) is 0 Å². The number of benzene rings is 1. The second-order valence-corrected chi connectivity index (χ2v) is 5.12. The molecule has 0 saturated heterocycles. The van der Waals surface area contributed by atoms with Crippen LogP contribution in [-0.4, -0.2) is 16.6 Å². The number of aryl methyl sites for hydroxylation is 1.